The predicted molar refractivity (Wildman–Crippen MR) is 71.3 cm³/mol. The molecular formula is C11H14N2O7S. The lowest BCUT2D eigenvalue weighted by atomic mass is 10.1. The highest BCUT2D eigenvalue weighted by atomic mass is 32.2. The summed E-state index contributed by atoms with van der Waals surface area (Å²) in [4.78, 5) is 20.3. The minimum absolute atomic E-state index is 0.253. The van der Waals surface area contributed by atoms with Gasteiger partial charge in [0.2, 0.25) is 10.0 Å². The molecule has 21 heavy (non-hydrogen) atoms. The van der Waals surface area contributed by atoms with Crippen LogP contribution >= 0.6 is 0 Å². The van der Waals surface area contributed by atoms with Gasteiger partial charge in [0.05, 0.1) is 16.4 Å². The minimum Gasteiger partial charge on any atom is -0.479 e. The number of aryl methyl sites for hydroxylation is 1. The summed E-state index contributed by atoms with van der Waals surface area (Å²) in [6.07, 6.45) is 0. The van der Waals surface area contributed by atoms with E-state index in [4.69, 9.17) is 5.11 Å². The smallest absolute Gasteiger partial charge is 0.336 e. The zero-order valence-electron chi connectivity index (χ0n) is 11.2. The van der Waals surface area contributed by atoms with Crippen molar-refractivity contribution < 1.29 is 28.3 Å². The van der Waals surface area contributed by atoms with E-state index < -0.39 is 38.7 Å². The van der Waals surface area contributed by atoms with Gasteiger partial charge in [-0.3, -0.25) is 10.1 Å². The first kappa shape index (κ1) is 17.0. The van der Waals surface area contributed by atoms with Crippen molar-refractivity contribution in [3.8, 4) is 0 Å². The normalized spacial score (nSPS) is 14.4. The molecule has 0 heterocycles. The van der Waals surface area contributed by atoms with Crippen LogP contribution in [0.4, 0.5) is 5.69 Å². The Morgan fingerprint density at radius 1 is 1.48 bits per heavy atom. The number of nitrogens with zero attached hydrogens (tertiary/aromatic N) is 1. The number of non-ortho nitro benzene ring substituents is 1. The lowest BCUT2D eigenvalue weighted by Gasteiger charge is -2.18. The number of hydrogen-bond acceptors (Lipinski definition) is 6. The van der Waals surface area contributed by atoms with E-state index in [0.717, 1.165) is 19.1 Å². The third kappa shape index (κ3) is 3.97. The molecular weight excluding hydrogens is 304 g/mol. The van der Waals surface area contributed by atoms with E-state index in [1.54, 1.807) is 0 Å². The lowest BCUT2D eigenvalue weighted by Crippen LogP contribution is -2.46. The molecule has 1 aromatic carbocycles. The maximum Gasteiger partial charge on any atom is 0.336 e. The van der Waals surface area contributed by atoms with Crippen LogP contribution in [0.25, 0.3) is 0 Å². The number of carbonyl (C=O) groups is 1. The second kappa shape index (κ2) is 5.76. The van der Waals surface area contributed by atoms with Crippen LogP contribution in [0, 0.1) is 17.0 Å². The van der Waals surface area contributed by atoms with Crippen LogP contribution < -0.4 is 4.72 Å². The number of rotatable bonds is 6. The van der Waals surface area contributed by atoms with Crippen molar-refractivity contribution in [2.45, 2.75) is 24.3 Å². The molecule has 3 N–H and O–H groups in total. The predicted octanol–water partition coefficient (Wildman–Crippen LogP) is 0.0171. The van der Waals surface area contributed by atoms with Gasteiger partial charge in [-0.15, -0.1) is 0 Å². The molecule has 0 aromatic heterocycles. The number of carboxylic acids is 1. The van der Waals surface area contributed by atoms with Gasteiger partial charge in [-0.1, -0.05) is 6.07 Å². The summed E-state index contributed by atoms with van der Waals surface area (Å²) in [6.45, 7) is 1.60. The highest BCUT2D eigenvalue weighted by Gasteiger charge is 2.32. The van der Waals surface area contributed by atoms with Crippen molar-refractivity contribution >= 4 is 21.7 Å². The number of benzene rings is 1. The van der Waals surface area contributed by atoms with Gasteiger partial charge in [-0.25, -0.2) is 17.9 Å². The summed E-state index contributed by atoms with van der Waals surface area (Å²) in [7, 11) is -4.19. The van der Waals surface area contributed by atoms with E-state index in [0.29, 0.717) is 0 Å². The number of nitrogens with one attached hydrogen (secondary N) is 1. The number of sulfonamides is 1. The summed E-state index contributed by atoms with van der Waals surface area (Å²) in [5, 5.41) is 28.9. The van der Waals surface area contributed by atoms with E-state index in [9.17, 15) is 28.4 Å². The van der Waals surface area contributed by atoms with Gasteiger partial charge in [0.1, 0.15) is 0 Å². The Balaban J connectivity index is 3.11. The van der Waals surface area contributed by atoms with Crippen molar-refractivity contribution in [3.63, 3.8) is 0 Å². The molecule has 0 saturated heterocycles. The van der Waals surface area contributed by atoms with Crippen LogP contribution in [0.3, 0.4) is 0 Å². The zero-order chi connectivity index (χ0) is 16.4. The third-order valence-corrected chi connectivity index (χ3v) is 4.28. The van der Waals surface area contributed by atoms with E-state index in [1.165, 1.54) is 13.0 Å². The highest BCUT2D eigenvalue weighted by Crippen LogP contribution is 2.21. The quantitative estimate of drug-likeness (QED) is 0.494. The van der Waals surface area contributed by atoms with Crippen LogP contribution in [-0.2, 0) is 14.8 Å². The van der Waals surface area contributed by atoms with Crippen LogP contribution in [0.15, 0.2) is 23.1 Å². The van der Waals surface area contributed by atoms with Gasteiger partial charge in [-0.05, 0) is 19.4 Å². The van der Waals surface area contributed by atoms with Crippen molar-refractivity contribution in [3.05, 3.63) is 33.9 Å². The van der Waals surface area contributed by atoms with Crippen LogP contribution in [0.5, 0.6) is 0 Å². The first-order chi connectivity index (χ1) is 9.47. The fourth-order valence-corrected chi connectivity index (χ4v) is 2.78. The second-order valence-corrected chi connectivity index (χ2v) is 6.35. The first-order valence-corrected chi connectivity index (χ1v) is 7.16. The van der Waals surface area contributed by atoms with Crippen LogP contribution in [0.1, 0.15) is 12.5 Å². The summed E-state index contributed by atoms with van der Waals surface area (Å²) < 4.78 is 26.0. The van der Waals surface area contributed by atoms with E-state index in [2.05, 4.69) is 0 Å². The summed E-state index contributed by atoms with van der Waals surface area (Å²) in [5.74, 6) is -1.60. The molecule has 9 nitrogen and oxygen atoms in total. The number of nitro groups is 1. The molecule has 0 aliphatic heterocycles. The largest absolute Gasteiger partial charge is 0.479 e. The Morgan fingerprint density at radius 3 is 2.52 bits per heavy atom. The maximum absolute atomic E-state index is 12.1. The van der Waals surface area contributed by atoms with Crippen molar-refractivity contribution in [2.24, 2.45) is 0 Å². The van der Waals surface area contributed by atoms with Gasteiger partial charge < -0.3 is 10.2 Å². The van der Waals surface area contributed by atoms with E-state index in [-0.39, 0.29) is 10.5 Å². The standard InChI is InChI=1S/C11H14N2O7S/c1-7-3-4-8(13(17)18)5-9(7)21(19,20)12-6-11(2,16)10(14)15/h3-5,12,16H,6H2,1-2H3,(H,14,15). The van der Waals surface area contributed by atoms with Gasteiger partial charge >= 0.3 is 5.97 Å². The average Bonchev–Trinajstić information content (AvgIpc) is 2.36. The van der Waals surface area contributed by atoms with Crippen molar-refractivity contribution in [2.75, 3.05) is 6.54 Å². The molecule has 0 aliphatic rings. The lowest BCUT2D eigenvalue weighted by molar-refractivity contribution is -0.385. The number of aliphatic carboxylic acids is 1. The minimum atomic E-state index is -4.19. The van der Waals surface area contributed by atoms with Crippen molar-refractivity contribution in [1.29, 1.82) is 0 Å². The molecule has 1 aromatic rings. The molecule has 0 fully saturated rings. The average molecular weight is 318 g/mol. The Kier molecular flexibility index (Phi) is 4.66. The SMILES string of the molecule is Cc1ccc([N+](=O)[O-])cc1S(=O)(=O)NCC(C)(O)C(=O)O. The number of carboxylic acid groups (broad SMARTS) is 1. The van der Waals surface area contributed by atoms with Crippen LogP contribution in [0.2, 0.25) is 0 Å². The molecule has 0 amide bonds. The van der Waals surface area contributed by atoms with Gasteiger partial charge in [0.25, 0.3) is 5.69 Å². The monoisotopic (exact) mass is 318 g/mol. The Bertz CT molecular complexity index is 682. The molecule has 0 saturated carbocycles. The number of hydrogen-bond donors (Lipinski definition) is 3. The fraction of sp³-hybridized carbons (Fsp3) is 0.364. The summed E-state index contributed by atoms with van der Waals surface area (Å²) in [6, 6.07) is 3.29. The van der Waals surface area contributed by atoms with Gasteiger partial charge in [0, 0.05) is 12.1 Å². The van der Waals surface area contributed by atoms with E-state index >= 15 is 0 Å². The molecule has 0 radical (unpaired) electrons. The Hall–Kier alpha value is -2.04. The zero-order valence-corrected chi connectivity index (χ0v) is 12.0. The number of nitro benzene ring substituents is 1. The van der Waals surface area contributed by atoms with E-state index in [1.807, 2.05) is 4.72 Å². The van der Waals surface area contributed by atoms with Gasteiger partial charge in [-0.2, -0.15) is 0 Å². The molecule has 116 valence electrons. The number of aliphatic hydroxyl groups is 1. The van der Waals surface area contributed by atoms with Crippen LogP contribution in [-0.4, -0.2) is 41.7 Å². The molecule has 0 spiro atoms. The second-order valence-electron chi connectivity index (χ2n) is 4.61. The molecule has 10 heteroatoms. The first-order valence-electron chi connectivity index (χ1n) is 5.68. The fourth-order valence-electron chi connectivity index (χ4n) is 1.38. The maximum atomic E-state index is 12.1. The Labute approximate surface area is 120 Å². The third-order valence-electron chi connectivity index (χ3n) is 2.74. The highest BCUT2D eigenvalue weighted by molar-refractivity contribution is 7.89. The topological polar surface area (TPSA) is 147 Å². The molecule has 1 atom stereocenters. The molecule has 0 aliphatic carbocycles. The summed E-state index contributed by atoms with van der Waals surface area (Å²) >= 11 is 0. The van der Waals surface area contributed by atoms with Crippen molar-refractivity contribution in [1.82, 2.24) is 4.72 Å². The molecule has 1 rings (SSSR count). The summed E-state index contributed by atoms with van der Waals surface area (Å²) in [5.41, 5.74) is -2.45. The molecule has 1 unspecified atom stereocenters. The Morgan fingerprint density at radius 2 is 2.05 bits per heavy atom. The van der Waals surface area contributed by atoms with Gasteiger partial charge in [0.15, 0.2) is 5.60 Å². The molecule has 0 bridgehead atoms.